The van der Waals surface area contributed by atoms with Crippen molar-refractivity contribution in [3.05, 3.63) is 35.4 Å². The molecule has 3 N–H and O–H groups in total. The van der Waals surface area contributed by atoms with Gasteiger partial charge in [-0.05, 0) is 11.1 Å². The van der Waals surface area contributed by atoms with Gasteiger partial charge in [-0.2, -0.15) is 0 Å². The molecule has 0 radical (unpaired) electrons. The van der Waals surface area contributed by atoms with Crippen LogP contribution >= 0.6 is 0 Å². The first-order valence-corrected chi connectivity index (χ1v) is 5.32. The third-order valence-corrected chi connectivity index (χ3v) is 2.87. The average Bonchev–Trinajstić information content (AvgIpc) is 2.14. The standard InChI is InChI=1S/C12H15NO3/c13-11(5-12(14)15)10-4-2-1-3-9(10)8-6-16-7-8/h1-4,8,11H,5-7,13H2,(H,14,15). The molecule has 1 aromatic rings. The molecule has 0 bridgehead atoms. The number of nitrogens with two attached hydrogens (primary N) is 1. The fourth-order valence-electron chi connectivity index (χ4n) is 1.93. The predicted molar refractivity (Wildman–Crippen MR) is 59.2 cm³/mol. The molecule has 1 heterocycles. The van der Waals surface area contributed by atoms with Gasteiger partial charge in [0.1, 0.15) is 0 Å². The minimum atomic E-state index is -0.868. The maximum atomic E-state index is 10.6. The quantitative estimate of drug-likeness (QED) is 0.803. The summed E-state index contributed by atoms with van der Waals surface area (Å²) in [7, 11) is 0. The molecular weight excluding hydrogens is 206 g/mol. The normalized spacial score (nSPS) is 17.8. The van der Waals surface area contributed by atoms with E-state index in [4.69, 9.17) is 15.6 Å². The largest absolute Gasteiger partial charge is 0.481 e. The molecule has 1 fully saturated rings. The Hall–Kier alpha value is -1.39. The van der Waals surface area contributed by atoms with E-state index >= 15 is 0 Å². The van der Waals surface area contributed by atoms with Gasteiger partial charge >= 0.3 is 5.97 Å². The van der Waals surface area contributed by atoms with Crippen molar-refractivity contribution in [2.75, 3.05) is 13.2 Å². The number of benzene rings is 1. The summed E-state index contributed by atoms with van der Waals surface area (Å²) in [5, 5.41) is 8.74. The van der Waals surface area contributed by atoms with Crippen molar-refractivity contribution in [3.8, 4) is 0 Å². The molecule has 0 aliphatic carbocycles. The van der Waals surface area contributed by atoms with E-state index in [9.17, 15) is 4.79 Å². The Kier molecular flexibility index (Phi) is 3.22. The number of carbonyl (C=O) groups is 1. The topological polar surface area (TPSA) is 72.6 Å². The van der Waals surface area contributed by atoms with E-state index in [1.54, 1.807) is 0 Å². The summed E-state index contributed by atoms with van der Waals surface area (Å²) in [6.45, 7) is 1.41. The van der Waals surface area contributed by atoms with Crippen LogP contribution in [-0.2, 0) is 9.53 Å². The van der Waals surface area contributed by atoms with Crippen molar-refractivity contribution >= 4 is 5.97 Å². The van der Waals surface area contributed by atoms with Crippen LogP contribution in [0.4, 0.5) is 0 Å². The maximum Gasteiger partial charge on any atom is 0.305 e. The number of carboxylic acid groups (broad SMARTS) is 1. The van der Waals surface area contributed by atoms with E-state index in [-0.39, 0.29) is 6.42 Å². The van der Waals surface area contributed by atoms with Crippen LogP contribution in [0, 0.1) is 0 Å². The van der Waals surface area contributed by atoms with E-state index in [2.05, 4.69) is 0 Å². The van der Waals surface area contributed by atoms with Gasteiger partial charge in [0.05, 0.1) is 19.6 Å². The fraction of sp³-hybridized carbons (Fsp3) is 0.417. The molecule has 0 amide bonds. The zero-order chi connectivity index (χ0) is 11.5. The summed E-state index contributed by atoms with van der Waals surface area (Å²) in [6.07, 6.45) is -0.0371. The molecule has 0 saturated carbocycles. The van der Waals surface area contributed by atoms with Crippen molar-refractivity contribution in [1.82, 2.24) is 0 Å². The van der Waals surface area contributed by atoms with Crippen LogP contribution in [0.25, 0.3) is 0 Å². The zero-order valence-corrected chi connectivity index (χ0v) is 8.93. The summed E-state index contributed by atoms with van der Waals surface area (Å²) in [6, 6.07) is 7.31. The lowest BCUT2D eigenvalue weighted by Gasteiger charge is -2.29. The maximum absolute atomic E-state index is 10.6. The van der Waals surface area contributed by atoms with Gasteiger partial charge in [-0.15, -0.1) is 0 Å². The number of carboxylic acids is 1. The molecule has 0 spiro atoms. The zero-order valence-electron chi connectivity index (χ0n) is 8.93. The van der Waals surface area contributed by atoms with E-state index in [0.717, 1.165) is 11.1 Å². The van der Waals surface area contributed by atoms with Crippen LogP contribution in [0.1, 0.15) is 29.5 Å². The van der Waals surface area contributed by atoms with Crippen molar-refractivity contribution in [2.45, 2.75) is 18.4 Å². The molecule has 2 rings (SSSR count). The van der Waals surface area contributed by atoms with Crippen LogP contribution in [0.3, 0.4) is 0 Å². The van der Waals surface area contributed by atoms with Gasteiger partial charge in [0.2, 0.25) is 0 Å². The Bertz CT molecular complexity index is 388. The summed E-state index contributed by atoms with van der Waals surface area (Å²) < 4.78 is 5.15. The number of hydrogen-bond donors (Lipinski definition) is 2. The highest BCUT2D eigenvalue weighted by Gasteiger charge is 2.25. The van der Waals surface area contributed by atoms with Crippen LogP contribution < -0.4 is 5.73 Å². The van der Waals surface area contributed by atoms with E-state index in [1.165, 1.54) is 0 Å². The van der Waals surface area contributed by atoms with Crippen LogP contribution in [0.5, 0.6) is 0 Å². The lowest BCUT2D eigenvalue weighted by molar-refractivity contribution is -0.137. The summed E-state index contributed by atoms with van der Waals surface area (Å²) >= 11 is 0. The minimum Gasteiger partial charge on any atom is -0.481 e. The van der Waals surface area contributed by atoms with Crippen molar-refractivity contribution in [3.63, 3.8) is 0 Å². The van der Waals surface area contributed by atoms with E-state index in [0.29, 0.717) is 19.1 Å². The third-order valence-electron chi connectivity index (χ3n) is 2.87. The van der Waals surface area contributed by atoms with Gasteiger partial charge in [0, 0.05) is 12.0 Å². The smallest absolute Gasteiger partial charge is 0.305 e. The molecule has 86 valence electrons. The number of rotatable bonds is 4. The Morgan fingerprint density at radius 2 is 2.19 bits per heavy atom. The molecule has 16 heavy (non-hydrogen) atoms. The third kappa shape index (κ3) is 2.23. The Morgan fingerprint density at radius 1 is 1.50 bits per heavy atom. The molecule has 1 atom stereocenters. The molecule has 4 nitrogen and oxygen atoms in total. The summed E-state index contributed by atoms with van der Waals surface area (Å²) in [5.74, 6) is -0.497. The van der Waals surface area contributed by atoms with E-state index < -0.39 is 12.0 Å². The second-order valence-electron chi connectivity index (χ2n) is 4.07. The summed E-state index contributed by atoms with van der Waals surface area (Å²) in [5.41, 5.74) is 7.95. The molecule has 1 aliphatic heterocycles. The van der Waals surface area contributed by atoms with Crippen LogP contribution in [0.2, 0.25) is 0 Å². The first-order chi connectivity index (χ1) is 7.68. The minimum absolute atomic E-state index is 0.0371. The Balaban J connectivity index is 2.21. The first kappa shape index (κ1) is 11.1. The Labute approximate surface area is 94.0 Å². The molecule has 1 aliphatic rings. The molecule has 1 saturated heterocycles. The van der Waals surface area contributed by atoms with Gasteiger partial charge in [0.15, 0.2) is 0 Å². The number of hydrogen-bond acceptors (Lipinski definition) is 3. The molecule has 1 aromatic carbocycles. The molecule has 0 aromatic heterocycles. The average molecular weight is 221 g/mol. The van der Waals surface area contributed by atoms with Crippen molar-refractivity contribution < 1.29 is 14.6 Å². The van der Waals surface area contributed by atoms with Gasteiger partial charge in [-0.1, -0.05) is 24.3 Å². The van der Waals surface area contributed by atoms with Crippen LogP contribution in [0.15, 0.2) is 24.3 Å². The monoisotopic (exact) mass is 221 g/mol. The van der Waals surface area contributed by atoms with Gasteiger partial charge in [-0.3, -0.25) is 4.79 Å². The number of aliphatic carboxylic acids is 1. The lowest BCUT2D eigenvalue weighted by atomic mass is 9.89. The predicted octanol–water partition coefficient (Wildman–Crippen LogP) is 1.27. The highest BCUT2D eigenvalue weighted by Crippen LogP contribution is 2.30. The molecular formula is C12H15NO3. The van der Waals surface area contributed by atoms with Crippen molar-refractivity contribution in [2.24, 2.45) is 5.73 Å². The highest BCUT2D eigenvalue weighted by atomic mass is 16.5. The molecule has 4 heteroatoms. The van der Waals surface area contributed by atoms with Gasteiger partial charge in [0.25, 0.3) is 0 Å². The lowest BCUT2D eigenvalue weighted by Crippen LogP contribution is -2.28. The van der Waals surface area contributed by atoms with E-state index in [1.807, 2.05) is 24.3 Å². The second kappa shape index (κ2) is 4.63. The fourth-order valence-corrected chi connectivity index (χ4v) is 1.93. The van der Waals surface area contributed by atoms with Crippen LogP contribution in [-0.4, -0.2) is 24.3 Å². The van der Waals surface area contributed by atoms with Crippen molar-refractivity contribution in [1.29, 1.82) is 0 Å². The van der Waals surface area contributed by atoms with Gasteiger partial charge < -0.3 is 15.6 Å². The SMILES string of the molecule is NC(CC(=O)O)c1ccccc1C1COC1. The summed E-state index contributed by atoms with van der Waals surface area (Å²) in [4.78, 5) is 10.6. The second-order valence-corrected chi connectivity index (χ2v) is 4.07. The highest BCUT2D eigenvalue weighted by molar-refractivity contribution is 5.68. The first-order valence-electron chi connectivity index (χ1n) is 5.32. The number of ether oxygens (including phenoxy) is 1. The molecule has 1 unspecified atom stereocenters. The Morgan fingerprint density at radius 3 is 2.75 bits per heavy atom. The van der Waals surface area contributed by atoms with Gasteiger partial charge in [-0.25, -0.2) is 0 Å².